The fourth-order valence-corrected chi connectivity index (χ4v) is 1.96. The lowest BCUT2D eigenvalue weighted by molar-refractivity contribution is 0.102. The second kappa shape index (κ2) is 7.84. The van der Waals surface area contributed by atoms with E-state index >= 15 is 0 Å². The summed E-state index contributed by atoms with van der Waals surface area (Å²) in [6.45, 7) is 4.21. The Morgan fingerprint density at radius 1 is 1.22 bits per heavy atom. The maximum Gasteiger partial charge on any atom is 0.255 e. The maximum atomic E-state index is 12.3. The van der Waals surface area contributed by atoms with Crippen LogP contribution in [0, 0.1) is 0 Å². The van der Waals surface area contributed by atoms with Crippen molar-refractivity contribution in [2.75, 3.05) is 31.4 Å². The van der Waals surface area contributed by atoms with E-state index in [1.54, 1.807) is 56.8 Å². The van der Waals surface area contributed by atoms with Gasteiger partial charge in [0.15, 0.2) is 11.5 Å². The number of hydrogen-bond acceptors (Lipinski definition) is 5. The fraction of sp³-hybridized carbons (Fsp3) is 0.176. The minimum absolute atomic E-state index is 0.235. The lowest BCUT2D eigenvalue weighted by atomic mass is 10.2. The third-order valence-corrected chi connectivity index (χ3v) is 3.09. The van der Waals surface area contributed by atoms with Crippen LogP contribution in [0.4, 0.5) is 11.5 Å². The normalized spacial score (nSPS) is 9.83. The van der Waals surface area contributed by atoms with Crippen LogP contribution in [-0.4, -0.2) is 31.7 Å². The number of amides is 1. The fourth-order valence-electron chi connectivity index (χ4n) is 1.96. The molecule has 1 aromatic heterocycles. The number of hydrogen-bond donors (Lipinski definition) is 2. The quantitative estimate of drug-likeness (QED) is 0.769. The van der Waals surface area contributed by atoms with Gasteiger partial charge in [0.1, 0.15) is 5.82 Å². The highest BCUT2D eigenvalue weighted by Crippen LogP contribution is 2.29. The number of rotatable bonds is 7. The van der Waals surface area contributed by atoms with Crippen molar-refractivity contribution < 1.29 is 14.3 Å². The van der Waals surface area contributed by atoms with Crippen LogP contribution < -0.4 is 20.1 Å². The van der Waals surface area contributed by atoms with Gasteiger partial charge in [-0.25, -0.2) is 4.98 Å². The number of ether oxygens (including phenoxy) is 2. The van der Waals surface area contributed by atoms with E-state index in [1.165, 1.54) is 0 Å². The number of benzene rings is 1. The molecule has 0 atom stereocenters. The molecule has 0 aliphatic rings. The second-order valence-corrected chi connectivity index (χ2v) is 4.62. The van der Waals surface area contributed by atoms with E-state index in [2.05, 4.69) is 22.2 Å². The highest BCUT2D eigenvalue weighted by Gasteiger charge is 2.10. The zero-order valence-electron chi connectivity index (χ0n) is 13.1. The zero-order valence-corrected chi connectivity index (χ0v) is 13.1. The van der Waals surface area contributed by atoms with E-state index in [-0.39, 0.29) is 5.91 Å². The maximum absolute atomic E-state index is 12.3. The van der Waals surface area contributed by atoms with Crippen molar-refractivity contribution in [3.63, 3.8) is 0 Å². The molecule has 0 bridgehead atoms. The first kappa shape index (κ1) is 16.4. The first-order chi connectivity index (χ1) is 11.2. The van der Waals surface area contributed by atoms with Crippen molar-refractivity contribution in [1.82, 2.24) is 4.98 Å². The SMILES string of the molecule is C=CCNc1cc(C(=O)Nc2ccc(OC)c(OC)c2)ccn1. The Morgan fingerprint density at radius 3 is 2.70 bits per heavy atom. The van der Waals surface area contributed by atoms with Gasteiger partial charge in [-0.2, -0.15) is 0 Å². The van der Waals surface area contributed by atoms with Crippen molar-refractivity contribution in [3.05, 3.63) is 54.7 Å². The Bertz CT molecular complexity index is 701. The molecule has 120 valence electrons. The molecule has 2 N–H and O–H groups in total. The van der Waals surface area contributed by atoms with Crippen molar-refractivity contribution in [1.29, 1.82) is 0 Å². The molecular formula is C17H19N3O3. The van der Waals surface area contributed by atoms with Gasteiger partial charge in [0.05, 0.1) is 14.2 Å². The van der Waals surface area contributed by atoms with Gasteiger partial charge >= 0.3 is 0 Å². The lowest BCUT2D eigenvalue weighted by Gasteiger charge is -2.11. The topological polar surface area (TPSA) is 72.5 Å². The van der Waals surface area contributed by atoms with E-state index in [0.717, 1.165) is 0 Å². The summed E-state index contributed by atoms with van der Waals surface area (Å²) in [6, 6.07) is 8.51. The molecule has 1 amide bonds. The van der Waals surface area contributed by atoms with Crippen LogP contribution in [0.5, 0.6) is 11.5 Å². The number of carbonyl (C=O) groups is 1. The van der Waals surface area contributed by atoms with E-state index in [4.69, 9.17) is 9.47 Å². The van der Waals surface area contributed by atoms with E-state index < -0.39 is 0 Å². The third-order valence-electron chi connectivity index (χ3n) is 3.09. The van der Waals surface area contributed by atoms with Crippen LogP contribution in [0.3, 0.4) is 0 Å². The van der Waals surface area contributed by atoms with Gasteiger partial charge in [0.25, 0.3) is 5.91 Å². The molecule has 23 heavy (non-hydrogen) atoms. The van der Waals surface area contributed by atoms with Crippen LogP contribution in [0.15, 0.2) is 49.2 Å². The minimum Gasteiger partial charge on any atom is -0.493 e. The predicted molar refractivity (Wildman–Crippen MR) is 90.4 cm³/mol. The molecule has 0 saturated heterocycles. The summed E-state index contributed by atoms with van der Waals surface area (Å²) in [5, 5.41) is 5.86. The Labute approximate surface area is 135 Å². The Hall–Kier alpha value is -3.02. The highest BCUT2D eigenvalue weighted by atomic mass is 16.5. The molecular weight excluding hydrogens is 294 g/mol. The van der Waals surface area contributed by atoms with Crippen LogP contribution in [0.2, 0.25) is 0 Å². The van der Waals surface area contributed by atoms with Gasteiger partial charge in [0, 0.05) is 30.1 Å². The smallest absolute Gasteiger partial charge is 0.255 e. The summed E-state index contributed by atoms with van der Waals surface area (Å²) < 4.78 is 10.4. The van der Waals surface area contributed by atoms with Crippen molar-refractivity contribution in [3.8, 4) is 11.5 Å². The van der Waals surface area contributed by atoms with Crippen LogP contribution >= 0.6 is 0 Å². The average molecular weight is 313 g/mol. The first-order valence-electron chi connectivity index (χ1n) is 7.02. The van der Waals surface area contributed by atoms with Crippen LogP contribution in [0.1, 0.15) is 10.4 Å². The summed E-state index contributed by atoms with van der Waals surface area (Å²) in [4.78, 5) is 16.5. The number of carbonyl (C=O) groups excluding carboxylic acids is 1. The van der Waals surface area contributed by atoms with E-state index in [1.807, 2.05) is 0 Å². The Kier molecular flexibility index (Phi) is 5.57. The predicted octanol–water partition coefficient (Wildman–Crippen LogP) is 2.95. The minimum atomic E-state index is -0.235. The number of anilines is 2. The Morgan fingerprint density at radius 2 is 2.00 bits per heavy atom. The summed E-state index contributed by atoms with van der Waals surface area (Å²) in [7, 11) is 3.11. The van der Waals surface area contributed by atoms with Crippen molar-refractivity contribution in [2.24, 2.45) is 0 Å². The molecule has 0 spiro atoms. The standard InChI is InChI=1S/C17H19N3O3/c1-4-8-18-16-10-12(7-9-19-16)17(21)20-13-5-6-14(22-2)15(11-13)23-3/h4-7,9-11H,1,8H2,2-3H3,(H,18,19)(H,20,21). The number of nitrogens with zero attached hydrogens (tertiary/aromatic N) is 1. The molecule has 0 radical (unpaired) electrons. The Balaban J connectivity index is 2.14. The molecule has 0 fully saturated rings. The zero-order chi connectivity index (χ0) is 16.7. The molecule has 0 aliphatic carbocycles. The van der Waals surface area contributed by atoms with Crippen LogP contribution in [-0.2, 0) is 0 Å². The van der Waals surface area contributed by atoms with Gasteiger partial charge in [-0.05, 0) is 24.3 Å². The molecule has 0 unspecified atom stereocenters. The molecule has 6 heteroatoms. The van der Waals surface area contributed by atoms with Crippen LogP contribution in [0.25, 0.3) is 0 Å². The van der Waals surface area contributed by atoms with Gasteiger partial charge in [-0.15, -0.1) is 6.58 Å². The molecule has 6 nitrogen and oxygen atoms in total. The first-order valence-corrected chi connectivity index (χ1v) is 7.02. The monoisotopic (exact) mass is 313 g/mol. The number of aromatic nitrogens is 1. The summed E-state index contributed by atoms with van der Waals surface area (Å²) in [5.74, 6) is 1.53. The number of methoxy groups -OCH3 is 2. The summed E-state index contributed by atoms with van der Waals surface area (Å²) in [5.41, 5.74) is 1.12. The van der Waals surface area contributed by atoms with Crippen molar-refractivity contribution >= 4 is 17.4 Å². The molecule has 2 aromatic rings. The molecule has 2 rings (SSSR count). The van der Waals surface area contributed by atoms with Gasteiger partial charge in [-0.1, -0.05) is 6.08 Å². The molecule has 0 aliphatic heterocycles. The van der Waals surface area contributed by atoms with Gasteiger partial charge < -0.3 is 20.1 Å². The largest absolute Gasteiger partial charge is 0.493 e. The summed E-state index contributed by atoms with van der Waals surface area (Å²) >= 11 is 0. The highest BCUT2D eigenvalue weighted by molar-refractivity contribution is 6.04. The lowest BCUT2D eigenvalue weighted by Crippen LogP contribution is -2.13. The average Bonchev–Trinajstić information content (AvgIpc) is 2.60. The van der Waals surface area contributed by atoms with Gasteiger partial charge in [-0.3, -0.25) is 4.79 Å². The number of pyridine rings is 1. The van der Waals surface area contributed by atoms with E-state index in [0.29, 0.717) is 35.1 Å². The summed E-state index contributed by atoms with van der Waals surface area (Å²) in [6.07, 6.45) is 3.30. The van der Waals surface area contributed by atoms with Gasteiger partial charge in [0.2, 0.25) is 0 Å². The molecule has 1 heterocycles. The second-order valence-electron chi connectivity index (χ2n) is 4.62. The number of nitrogens with one attached hydrogen (secondary N) is 2. The van der Waals surface area contributed by atoms with Crippen molar-refractivity contribution in [2.45, 2.75) is 0 Å². The molecule has 1 aromatic carbocycles. The third kappa shape index (κ3) is 4.23. The van der Waals surface area contributed by atoms with E-state index in [9.17, 15) is 4.79 Å². The molecule has 0 saturated carbocycles.